The van der Waals surface area contributed by atoms with Gasteiger partial charge in [0.1, 0.15) is 0 Å². The third-order valence-corrected chi connectivity index (χ3v) is 2.63. The van der Waals surface area contributed by atoms with E-state index < -0.39 is 0 Å². The molecule has 1 aliphatic carbocycles. The molecular weight excluding hydrogens is 208 g/mol. The molecule has 3 heteroatoms. The molecule has 2 nitrogen and oxygen atoms in total. The first-order valence-corrected chi connectivity index (χ1v) is 5.26. The van der Waals surface area contributed by atoms with Gasteiger partial charge in [-0.2, -0.15) is 0 Å². The van der Waals surface area contributed by atoms with Crippen LogP contribution in [0.1, 0.15) is 18.4 Å². The molecule has 15 heavy (non-hydrogen) atoms. The van der Waals surface area contributed by atoms with Crippen molar-refractivity contribution in [2.24, 2.45) is 0 Å². The van der Waals surface area contributed by atoms with Crippen LogP contribution >= 0.6 is 12.4 Å². The third kappa shape index (κ3) is 3.40. The van der Waals surface area contributed by atoms with Gasteiger partial charge >= 0.3 is 0 Å². The number of anilines is 1. The Morgan fingerprint density at radius 1 is 1.27 bits per heavy atom. The number of nitrogens with zero attached hydrogens (tertiary/aromatic N) is 1. The van der Waals surface area contributed by atoms with E-state index in [2.05, 4.69) is 48.6 Å². The van der Waals surface area contributed by atoms with E-state index in [-0.39, 0.29) is 12.4 Å². The van der Waals surface area contributed by atoms with E-state index in [1.807, 2.05) is 0 Å². The number of halogens is 1. The monoisotopic (exact) mass is 226 g/mol. The van der Waals surface area contributed by atoms with Crippen molar-refractivity contribution < 1.29 is 0 Å². The van der Waals surface area contributed by atoms with Crippen molar-refractivity contribution >= 4 is 18.1 Å². The zero-order chi connectivity index (χ0) is 9.97. The lowest BCUT2D eigenvalue weighted by Gasteiger charge is -2.17. The van der Waals surface area contributed by atoms with Gasteiger partial charge in [0.05, 0.1) is 0 Å². The molecule has 0 saturated heterocycles. The van der Waals surface area contributed by atoms with E-state index in [9.17, 15) is 0 Å². The summed E-state index contributed by atoms with van der Waals surface area (Å²) in [6.45, 7) is 0.999. The van der Waals surface area contributed by atoms with Crippen LogP contribution < -0.4 is 10.2 Å². The topological polar surface area (TPSA) is 15.3 Å². The van der Waals surface area contributed by atoms with Crippen LogP contribution in [-0.2, 0) is 6.54 Å². The highest BCUT2D eigenvalue weighted by atomic mass is 35.5. The minimum atomic E-state index is 0. The summed E-state index contributed by atoms with van der Waals surface area (Å²) in [5.41, 5.74) is 2.71. The van der Waals surface area contributed by atoms with Gasteiger partial charge in [-0.15, -0.1) is 12.4 Å². The van der Waals surface area contributed by atoms with Crippen molar-refractivity contribution in [2.75, 3.05) is 19.0 Å². The van der Waals surface area contributed by atoms with Gasteiger partial charge in [0.2, 0.25) is 0 Å². The minimum absolute atomic E-state index is 0. The van der Waals surface area contributed by atoms with Crippen LogP contribution in [0.15, 0.2) is 24.3 Å². The number of hydrogen-bond acceptors (Lipinski definition) is 2. The molecule has 0 spiro atoms. The first-order chi connectivity index (χ1) is 6.77. The standard InChI is InChI=1S/C12H18N2.ClH/c1-14(2)12-6-4-3-5-10(12)9-13-11-7-8-11;/h3-6,11,13H,7-9H2,1-2H3;1H. The van der Waals surface area contributed by atoms with Gasteiger partial charge in [0, 0.05) is 32.4 Å². The summed E-state index contributed by atoms with van der Waals surface area (Å²) in [7, 11) is 4.19. The SMILES string of the molecule is CN(C)c1ccccc1CNC1CC1.Cl. The molecule has 0 amide bonds. The first kappa shape index (κ1) is 12.3. The molecule has 0 aliphatic heterocycles. The Morgan fingerprint density at radius 3 is 2.53 bits per heavy atom. The van der Waals surface area contributed by atoms with Crippen LogP contribution in [0.2, 0.25) is 0 Å². The lowest BCUT2D eigenvalue weighted by Crippen LogP contribution is -2.18. The van der Waals surface area contributed by atoms with Gasteiger partial charge < -0.3 is 10.2 Å². The largest absolute Gasteiger partial charge is 0.377 e. The fourth-order valence-electron chi connectivity index (χ4n) is 1.64. The summed E-state index contributed by atoms with van der Waals surface area (Å²) in [6, 6.07) is 9.35. The fraction of sp³-hybridized carbons (Fsp3) is 0.500. The van der Waals surface area contributed by atoms with Crippen molar-refractivity contribution in [3.63, 3.8) is 0 Å². The molecule has 84 valence electrons. The number of hydrogen-bond donors (Lipinski definition) is 1. The van der Waals surface area contributed by atoms with Gasteiger partial charge in [-0.25, -0.2) is 0 Å². The maximum absolute atomic E-state index is 3.54. The van der Waals surface area contributed by atoms with E-state index >= 15 is 0 Å². The summed E-state index contributed by atoms with van der Waals surface area (Å²) < 4.78 is 0. The molecule has 1 aromatic rings. The zero-order valence-corrected chi connectivity index (χ0v) is 10.2. The molecule has 2 rings (SSSR count). The molecular formula is C12H19ClN2. The summed E-state index contributed by atoms with van der Waals surface area (Å²) >= 11 is 0. The average Bonchev–Trinajstić information content (AvgIpc) is 2.98. The second kappa shape index (κ2) is 5.38. The van der Waals surface area contributed by atoms with Crippen LogP contribution in [0.3, 0.4) is 0 Å². The second-order valence-electron chi connectivity index (χ2n) is 4.18. The predicted octanol–water partition coefficient (Wildman–Crippen LogP) is 2.43. The molecule has 1 fully saturated rings. The highest BCUT2D eigenvalue weighted by Gasteiger charge is 2.20. The molecule has 0 aromatic heterocycles. The van der Waals surface area contributed by atoms with Crippen molar-refractivity contribution in [3.8, 4) is 0 Å². The molecule has 0 unspecified atom stereocenters. The Labute approximate surface area is 98.1 Å². The highest BCUT2D eigenvalue weighted by molar-refractivity contribution is 5.85. The minimum Gasteiger partial charge on any atom is -0.377 e. The number of benzene rings is 1. The van der Waals surface area contributed by atoms with Crippen molar-refractivity contribution in [1.82, 2.24) is 5.32 Å². The van der Waals surface area contributed by atoms with E-state index in [0.29, 0.717) is 0 Å². The Bertz CT molecular complexity index is 308. The predicted molar refractivity (Wildman–Crippen MR) is 67.9 cm³/mol. The molecule has 0 radical (unpaired) electrons. The average molecular weight is 227 g/mol. The van der Waals surface area contributed by atoms with Gasteiger partial charge in [-0.05, 0) is 24.5 Å². The maximum Gasteiger partial charge on any atom is 0.0406 e. The second-order valence-corrected chi connectivity index (χ2v) is 4.18. The van der Waals surface area contributed by atoms with Crippen molar-refractivity contribution in [2.45, 2.75) is 25.4 Å². The molecule has 1 saturated carbocycles. The highest BCUT2D eigenvalue weighted by Crippen LogP contribution is 2.22. The zero-order valence-electron chi connectivity index (χ0n) is 9.36. The van der Waals surface area contributed by atoms with Gasteiger partial charge in [0.15, 0.2) is 0 Å². The first-order valence-electron chi connectivity index (χ1n) is 5.26. The van der Waals surface area contributed by atoms with Crippen LogP contribution in [0.25, 0.3) is 0 Å². The van der Waals surface area contributed by atoms with Crippen LogP contribution in [0.5, 0.6) is 0 Å². The van der Waals surface area contributed by atoms with E-state index in [1.54, 1.807) is 0 Å². The van der Waals surface area contributed by atoms with Gasteiger partial charge in [0.25, 0.3) is 0 Å². The molecule has 1 aromatic carbocycles. The van der Waals surface area contributed by atoms with Crippen molar-refractivity contribution in [1.29, 1.82) is 0 Å². The van der Waals surface area contributed by atoms with Crippen LogP contribution in [-0.4, -0.2) is 20.1 Å². The molecule has 0 atom stereocenters. The molecule has 1 aliphatic rings. The summed E-state index contributed by atoms with van der Waals surface area (Å²) in [4.78, 5) is 2.17. The molecule has 0 heterocycles. The van der Waals surface area contributed by atoms with E-state index in [0.717, 1.165) is 12.6 Å². The van der Waals surface area contributed by atoms with Crippen molar-refractivity contribution in [3.05, 3.63) is 29.8 Å². The Kier molecular flexibility index (Phi) is 4.43. The van der Waals surface area contributed by atoms with Crippen LogP contribution in [0, 0.1) is 0 Å². The molecule has 0 bridgehead atoms. The van der Waals surface area contributed by atoms with E-state index in [4.69, 9.17) is 0 Å². The lowest BCUT2D eigenvalue weighted by atomic mass is 10.1. The summed E-state index contributed by atoms with van der Waals surface area (Å²) in [5, 5.41) is 3.54. The molecule has 1 N–H and O–H groups in total. The summed E-state index contributed by atoms with van der Waals surface area (Å²) in [5.74, 6) is 0. The number of para-hydroxylation sites is 1. The Hall–Kier alpha value is -0.730. The normalized spacial score (nSPS) is 14.5. The number of rotatable bonds is 4. The Morgan fingerprint density at radius 2 is 1.93 bits per heavy atom. The smallest absolute Gasteiger partial charge is 0.0406 e. The fourth-order valence-corrected chi connectivity index (χ4v) is 1.64. The third-order valence-electron chi connectivity index (χ3n) is 2.63. The van der Waals surface area contributed by atoms with E-state index in [1.165, 1.54) is 24.1 Å². The van der Waals surface area contributed by atoms with Gasteiger partial charge in [-0.1, -0.05) is 18.2 Å². The quantitative estimate of drug-likeness (QED) is 0.849. The maximum atomic E-state index is 3.54. The lowest BCUT2D eigenvalue weighted by molar-refractivity contribution is 0.687. The van der Waals surface area contributed by atoms with Crippen LogP contribution in [0.4, 0.5) is 5.69 Å². The number of nitrogens with one attached hydrogen (secondary N) is 1. The summed E-state index contributed by atoms with van der Waals surface area (Å²) in [6.07, 6.45) is 2.70. The Balaban J connectivity index is 0.00000112. The van der Waals surface area contributed by atoms with Gasteiger partial charge in [-0.3, -0.25) is 0 Å².